The highest BCUT2D eigenvalue weighted by Gasteiger charge is 2.38. The fourth-order valence-corrected chi connectivity index (χ4v) is 2.54. The van der Waals surface area contributed by atoms with Crippen LogP contribution in [0, 0.1) is 0 Å². The lowest BCUT2D eigenvalue weighted by Gasteiger charge is -2.39. The number of nitrogens with zero attached hydrogens (tertiary/aromatic N) is 2. The summed E-state index contributed by atoms with van der Waals surface area (Å²) in [7, 11) is 0. The van der Waals surface area contributed by atoms with E-state index < -0.39 is 29.7 Å². The summed E-state index contributed by atoms with van der Waals surface area (Å²) in [6, 6.07) is 8.26. The van der Waals surface area contributed by atoms with Crippen molar-refractivity contribution in [2.45, 2.75) is 39.0 Å². The van der Waals surface area contributed by atoms with Gasteiger partial charge in [0.15, 0.2) is 0 Å². The van der Waals surface area contributed by atoms with Gasteiger partial charge in [-0.25, -0.2) is 9.59 Å². The summed E-state index contributed by atoms with van der Waals surface area (Å²) in [5, 5.41) is 0. The number of nitrogens with two attached hydrogens (primary N) is 1. The van der Waals surface area contributed by atoms with Gasteiger partial charge >= 0.3 is 12.2 Å². The number of rotatable bonds is 3. The van der Waals surface area contributed by atoms with Crippen molar-refractivity contribution in [2.75, 3.05) is 19.6 Å². The van der Waals surface area contributed by atoms with E-state index in [4.69, 9.17) is 15.2 Å². The number of benzene rings is 1. The number of carbonyl (C=O) groups is 3. The van der Waals surface area contributed by atoms with Crippen molar-refractivity contribution < 1.29 is 23.9 Å². The summed E-state index contributed by atoms with van der Waals surface area (Å²) in [5.41, 5.74) is 5.61. The van der Waals surface area contributed by atoms with Crippen molar-refractivity contribution in [3.8, 4) is 0 Å². The van der Waals surface area contributed by atoms with E-state index >= 15 is 0 Å². The molecule has 1 aromatic rings. The molecule has 1 fully saturated rings. The fourth-order valence-electron chi connectivity index (χ4n) is 2.54. The maximum absolute atomic E-state index is 12.4. The minimum atomic E-state index is -0.959. The standard InChI is InChI=1S/C18H25N3O5/c1-18(2,3)26-16(23)20-9-10-21(14(11-20)15(19)22)17(24)25-12-13-7-5-4-6-8-13/h4-8,14H,9-12H2,1-3H3,(H2,19,22)/t14-/m0/s1. The molecule has 0 spiro atoms. The smallest absolute Gasteiger partial charge is 0.410 e. The zero-order valence-electron chi connectivity index (χ0n) is 15.3. The third-order valence-electron chi connectivity index (χ3n) is 3.80. The average Bonchev–Trinajstić information content (AvgIpc) is 2.58. The highest BCUT2D eigenvalue weighted by molar-refractivity contribution is 5.85. The number of hydrogen-bond donors (Lipinski definition) is 1. The van der Waals surface area contributed by atoms with Crippen LogP contribution < -0.4 is 5.73 Å². The van der Waals surface area contributed by atoms with Crippen molar-refractivity contribution in [3.05, 3.63) is 35.9 Å². The van der Waals surface area contributed by atoms with E-state index in [2.05, 4.69) is 0 Å². The summed E-state index contributed by atoms with van der Waals surface area (Å²) in [6.45, 7) is 5.72. The molecule has 0 aromatic heterocycles. The van der Waals surface area contributed by atoms with Crippen molar-refractivity contribution in [2.24, 2.45) is 5.73 Å². The summed E-state index contributed by atoms with van der Waals surface area (Å²) in [4.78, 5) is 39.0. The molecule has 0 radical (unpaired) electrons. The van der Waals surface area contributed by atoms with Crippen LogP contribution in [0.2, 0.25) is 0 Å². The van der Waals surface area contributed by atoms with Gasteiger partial charge in [-0.05, 0) is 26.3 Å². The first-order valence-electron chi connectivity index (χ1n) is 8.42. The lowest BCUT2D eigenvalue weighted by Crippen LogP contribution is -2.61. The molecule has 1 heterocycles. The predicted octanol–water partition coefficient (Wildman–Crippen LogP) is 1.73. The Kier molecular flexibility index (Phi) is 6.07. The molecule has 1 aromatic carbocycles. The zero-order chi connectivity index (χ0) is 19.3. The Hall–Kier alpha value is -2.77. The van der Waals surface area contributed by atoms with E-state index in [9.17, 15) is 14.4 Å². The Morgan fingerprint density at radius 2 is 1.77 bits per heavy atom. The molecule has 1 aliphatic rings. The van der Waals surface area contributed by atoms with Gasteiger partial charge in [-0.15, -0.1) is 0 Å². The SMILES string of the molecule is CC(C)(C)OC(=O)N1CCN(C(=O)OCc2ccccc2)[C@H](C(N)=O)C1. The van der Waals surface area contributed by atoms with Crippen molar-refractivity contribution in [1.82, 2.24) is 9.80 Å². The number of carbonyl (C=O) groups excluding carboxylic acids is 3. The molecule has 8 nitrogen and oxygen atoms in total. The summed E-state index contributed by atoms with van der Waals surface area (Å²) >= 11 is 0. The van der Waals surface area contributed by atoms with Gasteiger partial charge in [0.1, 0.15) is 18.2 Å². The van der Waals surface area contributed by atoms with Crippen LogP contribution in [0.25, 0.3) is 0 Å². The van der Waals surface area contributed by atoms with Crippen molar-refractivity contribution in [1.29, 1.82) is 0 Å². The van der Waals surface area contributed by atoms with Crippen LogP contribution >= 0.6 is 0 Å². The highest BCUT2D eigenvalue weighted by atomic mass is 16.6. The number of ether oxygens (including phenoxy) is 2. The van der Waals surface area contributed by atoms with Gasteiger partial charge in [-0.3, -0.25) is 9.69 Å². The van der Waals surface area contributed by atoms with Crippen LogP contribution in [0.15, 0.2) is 30.3 Å². The maximum atomic E-state index is 12.4. The van der Waals surface area contributed by atoms with E-state index in [1.165, 1.54) is 9.80 Å². The minimum Gasteiger partial charge on any atom is -0.445 e. The first kappa shape index (κ1) is 19.6. The topological polar surface area (TPSA) is 102 Å². The molecule has 2 N–H and O–H groups in total. The molecular weight excluding hydrogens is 338 g/mol. The largest absolute Gasteiger partial charge is 0.445 e. The fraction of sp³-hybridized carbons (Fsp3) is 0.500. The van der Waals surface area contributed by atoms with E-state index in [-0.39, 0.29) is 26.2 Å². The van der Waals surface area contributed by atoms with Gasteiger partial charge in [0, 0.05) is 13.1 Å². The van der Waals surface area contributed by atoms with Crippen LogP contribution in [-0.2, 0) is 20.9 Å². The Morgan fingerprint density at radius 1 is 1.12 bits per heavy atom. The Morgan fingerprint density at radius 3 is 2.35 bits per heavy atom. The number of primary amides is 1. The zero-order valence-corrected chi connectivity index (χ0v) is 15.3. The number of piperazine rings is 1. The molecule has 0 unspecified atom stereocenters. The molecule has 8 heteroatoms. The first-order valence-corrected chi connectivity index (χ1v) is 8.42. The van der Waals surface area contributed by atoms with E-state index in [1.54, 1.807) is 20.8 Å². The Labute approximate surface area is 152 Å². The molecule has 0 saturated carbocycles. The molecular formula is C18H25N3O5. The van der Waals surface area contributed by atoms with E-state index in [0.29, 0.717) is 0 Å². The van der Waals surface area contributed by atoms with Gasteiger partial charge in [0.05, 0.1) is 6.54 Å². The average molecular weight is 363 g/mol. The van der Waals surface area contributed by atoms with Crippen LogP contribution in [0.5, 0.6) is 0 Å². The quantitative estimate of drug-likeness (QED) is 0.881. The predicted molar refractivity (Wildman–Crippen MR) is 94.1 cm³/mol. The summed E-state index contributed by atoms with van der Waals surface area (Å²) in [6.07, 6.45) is -1.18. The maximum Gasteiger partial charge on any atom is 0.410 e. The molecule has 3 amide bonds. The van der Waals surface area contributed by atoms with Gasteiger partial charge in [-0.1, -0.05) is 30.3 Å². The molecule has 142 valence electrons. The van der Waals surface area contributed by atoms with Crippen LogP contribution in [0.1, 0.15) is 26.3 Å². The molecule has 26 heavy (non-hydrogen) atoms. The van der Waals surface area contributed by atoms with Gasteiger partial charge in [0.25, 0.3) is 0 Å². The lowest BCUT2D eigenvalue weighted by atomic mass is 10.1. The second-order valence-corrected chi connectivity index (χ2v) is 7.08. The van der Waals surface area contributed by atoms with E-state index in [0.717, 1.165) is 5.56 Å². The van der Waals surface area contributed by atoms with Gasteiger partial charge < -0.3 is 20.1 Å². The Bertz CT molecular complexity index is 657. The van der Waals surface area contributed by atoms with Gasteiger partial charge in [0.2, 0.25) is 5.91 Å². The first-order chi connectivity index (χ1) is 12.2. The summed E-state index contributed by atoms with van der Waals surface area (Å²) in [5.74, 6) is -0.699. The lowest BCUT2D eigenvalue weighted by molar-refractivity contribution is -0.124. The van der Waals surface area contributed by atoms with Crippen molar-refractivity contribution >= 4 is 18.1 Å². The summed E-state index contributed by atoms with van der Waals surface area (Å²) < 4.78 is 10.6. The molecule has 0 aliphatic carbocycles. The van der Waals surface area contributed by atoms with E-state index in [1.807, 2.05) is 30.3 Å². The second kappa shape index (κ2) is 8.07. The molecule has 0 bridgehead atoms. The number of amides is 3. The third kappa shape index (κ3) is 5.37. The van der Waals surface area contributed by atoms with Gasteiger partial charge in [-0.2, -0.15) is 0 Å². The van der Waals surface area contributed by atoms with Crippen LogP contribution in [0.3, 0.4) is 0 Å². The monoisotopic (exact) mass is 363 g/mol. The van der Waals surface area contributed by atoms with Crippen molar-refractivity contribution in [3.63, 3.8) is 0 Å². The molecule has 1 saturated heterocycles. The van der Waals surface area contributed by atoms with Crippen LogP contribution in [-0.4, -0.2) is 59.2 Å². The second-order valence-electron chi connectivity index (χ2n) is 7.08. The minimum absolute atomic E-state index is 0.0231. The normalized spacial score (nSPS) is 17.6. The molecule has 1 aliphatic heterocycles. The molecule has 1 atom stereocenters. The molecule has 2 rings (SSSR count). The highest BCUT2D eigenvalue weighted by Crippen LogP contribution is 2.16. The van der Waals surface area contributed by atoms with Crippen LogP contribution in [0.4, 0.5) is 9.59 Å². The Balaban J connectivity index is 1.98. The number of hydrogen-bond acceptors (Lipinski definition) is 5. The third-order valence-corrected chi connectivity index (χ3v) is 3.80.